The molecule has 2 aromatic heterocycles. The molecule has 1 atom stereocenters. The number of ether oxygens (including phenoxy) is 1. The number of carbonyl (C=O) groups is 2. The number of halogens is 1. The first-order valence-electron chi connectivity index (χ1n) is 12.7. The molecule has 0 saturated heterocycles. The van der Waals surface area contributed by atoms with Gasteiger partial charge in [0.2, 0.25) is 10.9 Å². The van der Waals surface area contributed by atoms with Gasteiger partial charge < -0.3 is 14.3 Å². The third-order valence-electron chi connectivity index (χ3n) is 6.27. The van der Waals surface area contributed by atoms with Gasteiger partial charge in [-0.1, -0.05) is 67.1 Å². The maximum atomic E-state index is 13.5. The summed E-state index contributed by atoms with van der Waals surface area (Å²) in [6.45, 7) is 2.65. The number of hydrogen-bond acceptors (Lipinski definition) is 9. The summed E-state index contributed by atoms with van der Waals surface area (Å²) < 4.78 is 25.0. The summed E-state index contributed by atoms with van der Waals surface area (Å²) in [7, 11) is 0. The molecule has 206 valence electrons. The molecule has 8 nitrogen and oxygen atoms in total. The van der Waals surface area contributed by atoms with Crippen molar-refractivity contribution >= 4 is 39.9 Å². The predicted molar refractivity (Wildman–Crippen MR) is 150 cm³/mol. The van der Waals surface area contributed by atoms with Crippen LogP contribution in [0.25, 0.3) is 0 Å². The van der Waals surface area contributed by atoms with Gasteiger partial charge in [-0.3, -0.25) is 14.5 Å². The zero-order chi connectivity index (χ0) is 28.1. The molecular formula is C29H26FN3O5S2. The lowest BCUT2D eigenvalue weighted by atomic mass is 9.95. The molecule has 1 N–H and O–H groups in total. The van der Waals surface area contributed by atoms with E-state index >= 15 is 0 Å². The molecule has 0 radical (unpaired) electrons. The number of rotatable bonds is 12. The van der Waals surface area contributed by atoms with Gasteiger partial charge in [0.05, 0.1) is 24.5 Å². The van der Waals surface area contributed by atoms with E-state index in [4.69, 9.17) is 9.15 Å². The van der Waals surface area contributed by atoms with Gasteiger partial charge in [-0.2, -0.15) is 0 Å². The first-order valence-corrected chi connectivity index (χ1v) is 14.5. The van der Waals surface area contributed by atoms with E-state index in [0.29, 0.717) is 28.0 Å². The Hall–Kier alpha value is -3.96. The number of unbranched alkanes of at least 4 members (excludes halogenated alkanes) is 2. The van der Waals surface area contributed by atoms with Crippen LogP contribution < -0.4 is 9.64 Å². The van der Waals surface area contributed by atoms with Crippen LogP contribution in [-0.4, -0.2) is 33.6 Å². The number of aromatic nitrogens is 2. The Morgan fingerprint density at radius 3 is 2.73 bits per heavy atom. The Labute approximate surface area is 238 Å². The molecule has 4 aromatic rings. The molecule has 40 heavy (non-hydrogen) atoms. The second-order valence-electron chi connectivity index (χ2n) is 9.04. The number of hydrogen-bond donors (Lipinski definition) is 1. The number of anilines is 1. The third-order valence-corrected chi connectivity index (χ3v) is 8.39. The van der Waals surface area contributed by atoms with Gasteiger partial charge in [-0.15, -0.1) is 10.2 Å². The largest absolute Gasteiger partial charge is 0.503 e. The Kier molecular flexibility index (Phi) is 8.61. The SMILES string of the molecule is CCCCCOc1cccc(C2C(C(=O)c3ccco3)=C(O)C(=O)N2c2nnc(SCc3ccc(F)cc3)s2)c1. The Balaban J connectivity index is 1.46. The second-order valence-corrected chi connectivity index (χ2v) is 11.2. The van der Waals surface area contributed by atoms with Crippen LogP contribution in [0.4, 0.5) is 9.52 Å². The summed E-state index contributed by atoms with van der Waals surface area (Å²) in [4.78, 5) is 28.2. The number of aliphatic hydroxyl groups is 1. The zero-order valence-corrected chi connectivity index (χ0v) is 23.2. The van der Waals surface area contributed by atoms with Crippen LogP contribution in [0.5, 0.6) is 5.75 Å². The smallest absolute Gasteiger partial charge is 0.296 e. The van der Waals surface area contributed by atoms with E-state index in [9.17, 15) is 19.1 Å². The monoisotopic (exact) mass is 579 g/mol. The maximum absolute atomic E-state index is 13.5. The molecule has 0 saturated carbocycles. The number of aliphatic hydroxyl groups excluding tert-OH is 1. The van der Waals surface area contributed by atoms with Crippen LogP contribution in [0.1, 0.15) is 53.9 Å². The number of amides is 1. The minimum absolute atomic E-state index is 0.000904. The van der Waals surface area contributed by atoms with Gasteiger partial charge in [0.1, 0.15) is 11.6 Å². The fourth-order valence-electron chi connectivity index (χ4n) is 4.29. The van der Waals surface area contributed by atoms with E-state index in [1.807, 2.05) is 6.07 Å². The highest BCUT2D eigenvalue weighted by atomic mass is 32.2. The fourth-order valence-corrected chi connectivity index (χ4v) is 6.11. The molecule has 0 bridgehead atoms. The van der Waals surface area contributed by atoms with Crippen LogP contribution >= 0.6 is 23.1 Å². The van der Waals surface area contributed by atoms with Crippen molar-refractivity contribution in [3.05, 3.63) is 101 Å². The lowest BCUT2D eigenvalue weighted by Crippen LogP contribution is -2.31. The molecule has 1 aliphatic heterocycles. The Morgan fingerprint density at radius 2 is 1.98 bits per heavy atom. The van der Waals surface area contributed by atoms with Crippen molar-refractivity contribution in [3.63, 3.8) is 0 Å². The van der Waals surface area contributed by atoms with Crippen molar-refractivity contribution in [3.8, 4) is 5.75 Å². The third kappa shape index (κ3) is 5.95. The van der Waals surface area contributed by atoms with Crippen molar-refractivity contribution < 1.29 is 28.2 Å². The molecule has 0 spiro atoms. The van der Waals surface area contributed by atoms with Crippen LogP contribution in [0.2, 0.25) is 0 Å². The highest BCUT2D eigenvalue weighted by Gasteiger charge is 2.46. The summed E-state index contributed by atoms with van der Waals surface area (Å²) in [5, 5.41) is 19.6. The second kappa shape index (κ2) is 12.5. The molecule has 1 unspecified atom stereocenters. The number of nitrogens with zero attached hydrogens (tertiary/aromatic N) is 3. The van der Waals surface area contributed by atoms with Gasteiger partial charge in [0, 0.05) is 5.75 Å². The van der Waals surface area contributed by atoms with E-state index in [2.05, 4.69) is 17.1 Å². The van der Waals surface area contributed by atoms with Gasteiger partial charge in [0.15, 0.2) is 15.9 Å². The number of thioether (sulfide) groups is 1. The zero-order valence-electron chi connectivity index (χ0n) is 21.6. The molecule has 3 heterocycles. The van der Waals surface area contributed by atoms with E-state index in [-0.39, 0.29) is 22.3 Å². The normalized spacial score (nSPS) is 15.2. The van der Waals surface area contributed by atoms with Gasteiger partial charge in [0.25, 0.3) is 5.91 Å². The lowest BCUT2D eigenvalue weighted by molar-refractivity contribution is -0.117. The van der Waals surface area contributed by atoms with Crippen LogP contribution in [0, 0.1) is 5.82 Å². The average molecular weight is 580 g/mol. The van der Waals surface area contributed by atoms with Crippen LogP contribution in [0.15, 0.2) is 87.0 Å². The fraction of sp³-hybridized carbons (Fsp3) is 0.241. The summed E-state index contributed by atoms with van der Waals surface area (Å²) in [6.07, 6.45) is 4.37. The molecule has 1 amide bonds. The molecular weight excluding hydrogens is 553 g/mol. The molecule has 2 aromatic carbocycles. The minimum Gasteiger partial charge on any atom is -0.503 e. The molecule has 0 fully saturated rings. The quantitative estimate of drug-likeness (QED) is 0.0835. The van der Waals surface area contributed by atoms with Gasteiger partial charge in [-0.05, 0) is 53.9 Å². The van der Waals surface area contributed by atoms with Crippen molar-refractivity contribution in [1.29, 1.82) is 0 Å². The van der Waals surface area contributed by atoms with E-state index in [1.165, 1.54) is 41.1 Å². The number of ketones is 1. The lowest BCUT2D eigenvalue weighted by Gasteiger charge is -2.24. The van der Waals surface area contributed by atoms with E-state index < -0.39 is 23.5 Å². The van der Waals surface area contributed by atoms with Crippen LogP contribution in [0.3, 0.4) is 0 Å². The standard InChI is InChI=1S/C29H26FN3O5S2/c1-2-3-4-14-37-21-8-5-7-19(16-21)24-23(25(34)22-9-6-15-38-22)26(35)27(36)33(24)28-31-32-29(40-28)39-17-18-10-12-20(30)13-11-18/h5-13,15-16,24,35H,2-4,14,17H2,1H3. The van der Waals surface area contributed by atoms with E-state index in [0.717, 1.165) is 36.2 Å². The number of benzene rings is 2. The van der Waals surface area contributed by atoms with Crippen molar-refractivity contribution in [2.45, 2.75) is 42.3 Å². The highest BCUT2D eigenvalue weighted by Crippen LogP contribution is 2.44. The number of Topliss-reactive ketones (excluding diaryl/α,β-unsaturated/α-hetero) is 1. The molecule has 5 rings (SSSR count). The Morgan fingerprint density at radius 1 is 1.15 bits per heavy atom. The topological polar surface area (TPSA) is 106 Å². The van der Waals surface area contributed by atoms with Crippen molar-refractivity contribution in [1.82, 2.24) is 10.2 Å². The minimum atomic E-state index is -0.979. The molecule has 0 aliphatic carbocycles. The van der Waals surface area contributed by atoms with Gasteiger partial charge in [-0.25, -0.2) is 4.39 Å². The number of carbonyl (C=O) groups excluding carboxylic acids is 2. The van der Waals surface area contributed by atoms with Gasteiger partial charge >= 0.3 is 0 Å². The summed E-state index contributed by atoms with van der Waals surface area (Å²) >= 11 is 2.54. The van der Waals surface area contributed by atoms with Crippen LogP contribution in [-0.2, 0) is 10.5 Å². The first-order chi connectivity index (χ1) is 19.5. The van der Waals surface area contributed by atoms with Crippen molar-refractivity contribution in [2.24, 2.45) is 0 Å². The summed E-state index contributed by atoms with van der Waals surface area (Å²) in [5.74, 6) is -1.24. The number of furan rings is 1. The Bertz CT molecular complexity index is 1520. The average Bonchev–Trinajstić information content (AvgIpc) is 3.72. The predicted octanol–water partition coefficient (Wildman–Crippen LogP) is 6.91. The van der Waals surface area contributed by atoms with E-state index in [1.54, 1.807) is 36.4 Å². The summed E-state index contributed by atoms with van der Waals surface area (Å²) in [5.41, 5.74) is 1.36. The first kappa shape index (κ1) is 27.6. The molecule has 1 aliphatic rings. The van der Waals surface area contributed by atoms with Crippen molar-refractivity contribution in [2.75, 3.05) is 11.5 Å². The summed E-state index contributed by atoms with van der Waals surface area (Å²) in [6, 6.07) is 15.3. The maximum Gasteiger partial charge on any atom is 0.296 e. The highest BCUT2D eigenvalue weighted by molar-refractivity contribution is 8.00. The molecule has 11 heteroatoms.